The van der Waals surface area contributed by atoms with Crippen molar-refractivity contribution in [3.63, 3.8) is 0 Å². The van der Waals surface area contributed by atoms with Crippen LogP contribution in [0.5, 0.6) is 0 Å². The second-order valence-corrected chi connectivity index (χ2v) is 5.44. The lowest BCUT2D eigenvalue weighted by atomic mass is 10.2. The van der Waals surface area contributed by atoms with Gasteiger partial charge in [0.15, 0.2) is 0 Å². The smallest absolute Gasteiger partial charge is 0.0700 e. The van der Waals surface area contributed by atoms with Crippen LogP contribution in [0.15, 0.2) is 29.2 Å². The van der Waals surface area contributed by atoms with Gasteiger partial charge in [0.05, 0.1) is 26.4 Å². The van der Waals surface area contributed by atoms with Gasteiger partial charge >= 0.3 is 0 Å². The van der Waals surface area contributed by atoms with Crippen molar-refractivity contribution in [1.82, 2.24) is 5.32 Å². The largest absolute Gasteiger partial charge is 0.383 e. The number of benzene rings is 1. The molecule has 0 spiro atoms. The summed E-state index contributed by atoms with van der Waals surface area (Å²) in [7, 11) is 3.40. The first-order chi connectivity index (χ1) is 9.86. The second kappa shape index (κ2) is 12.2. The maximum Gasteiger partial charge on any atom is 0.0700 e. The van der Waals surface area contributed by atoms with E-state index in [2.05, 4.69) is 29.6 Å². The first-order valence-electron chi connectivity index (χ1n) is 6.85. The lowest BCUT2D eigenvalue weighted by Gasteiger charge is -2.07. The van der Waals surface area contributed by atoms with Crippen molar-refractivity contribution >= 4 is 11.8 Å². The highest BCUT2D eigenvalue weighted by atomic mass is 32.2. The maximum atomic E-state index is 5.45. The van der Waals surface area contributed by atoms with E-state index in [4.69, 9.17) is 14.2 Å². The normalized spacial score (nSPS) is 10.9. The highest BCUT2D eigenvalue weighted by molar-refractivity contribution is 7.99. The molecule has 0 aliphatic carbocycles. The topological polar surface area (TPSA) is 39.7 Å². The highest BCUT2D eigenvalue weighted by Gasteiger charge is 1.98. The van der Waals surface area contributed by atoms with Crippen LogP contribution in [0.3, 0.4) is 0 Å². The van der Waals surface area contributed by atoms with Crippen LogP contribution in [-0.2, 0) is 20.8 Å². The Hall–Kier alpha value is -0.590. The molecule has 0 amide bonds. The summed E-state index contributed by atoms with van der Waals surface area (Å²) in [4.78, 5) is 1.28. The summed E-state index contributed by atoms with van der Waals surface area (Å²) < 4.78 is 15.4. The van der Waals surface area contributed by atoms with Crippen LogP contribution in [0.4, 0.5) is 0 Å². The molecular formula is C15H25NO3S. The first kappa shape index (κ1) is 17.5. The molecule has 0 saturated heterocycles. The van der Waals surface area contributed by atoms with Crippen LogP contribution in [-0.4, -0.2) is 52.9 Å². The molecular weight excluding hydrogens is 274 g/mol. The monoisotopic (exact) mass is 299 g/mol. The molecule has 114 valence electrons. The van der Waals surface area contributed by atoms with E-state index in [0.717, 1.165) is 32.1 Å². The number of thioether (sulfide) groups is 1. The summed E-state index contributed by atoms with van der Waals surface area (Å²) in [6, 6.07) is 8.60. The van der Waals surface area contributed by atoms with Gasteiger partial charge < -0.3 is 19.5 Å². The van der Waals surface area contributed by atoms with Gasteiger partial charge in [-0.25, -0.2) is 0 Å². The molecule has 1 aromatic carbocycles. The third-order valence-electron chi connectivity index (χ3n) is 2.64. The van der Waals surface area contributed by atoms with Gasteiger partial charge in [0.25, 0.3) is 0 Å². The van der Waals surface area contributed by atoms with E-state index in [1.54, 1.807) is 14.2 Å². The third kappa shape index (κ3) is 8.55. The molecule has 0 aromatic heterocycles. The zero-order valence-electron chi connectivity index (χ0n) is 12.4. The van der Waals surface area contributed by atoms with E-state index >= 15 is 0 Å². The molecule has 0 aliphatic rings. The van der Waals surface area contributed by atoms with Gasteiger partial charge in [0, 0.05) is 38.0 Å². The number of hydrogen-bond donors (Lipinski definition) is 1. The van der Waals surface area contributed by atoms with Gasteiger partial charge in [0.1, 0.15) is 0 Å². The summed E-state index contributed by atoms with van der Waals surface area (Å²) >= 11 is 1.82. The Morgan fingerprint density at radius 1 is 1.05 bits per heavy atom. The summed E-state index contributed by atoms with van der Waals surface area (Å²) in [6.07, 6.45) is 0. The van der Waals surface area contributed by atoms with Gasteiger partial charge in [-0.1, -0.05) is 12.1 Å². The van der Waals surface area contributed by atoms with E-state index < -0.39 is 0 Å². The van der Waals surface area contributed by atoms with Crippen LogP contribution in [0.2, 0.25) is 0 Å². The standard InChI is InChI=1S/C15H25NO3S/c1-17-7-6-16-13-14-4-3-5-15(12-14)20-11-10-19-9-8-18-2/h3-5,12,16H,6-11,13H2,1-2H3. The molecule has 20 heavy (non-hydrogen) atoms. The number of methoxy groups -OCH3 is 2. The van der Waals surface area contributed by atoms with Crippen molar-refractivity contribution in [1.29, 1.82) is 0 Å². The number of nitrogens with one attached hydrogen (secondary N) is 1. The molecule has 0 atom stereocenters. The molecule has 1 rings (SSSR count). The van der Waals surface area contributed by atoms with E-state index in [-0.39, 0.29) is 0 Å². The molecule has 0 radical (unpaired) electrons. The van der Waals surface area contributed by atoms with Gasteiger partial charge in [-0.15, -0.1) is 11.8 Å². The Morgan fingerprint density at radius 2 is 1.90 bits per heavy atom. The average Bonchev–Trinajstić information content (AvgIpc) is 2.48. The van der Waals surface area contributed by atoms with Crippen molar-refractivity contribution in [2.45, 2.75) is 11.4 Å². The Labute approximate surface area is 126 Å². The predicted octanol–water partition coefficient (Wildman–Crippen LogP) is 2.18. The summed E-state index contributed by atoms with van der Waals surface area (Å²) in [6.45, 7) is 4.58. The zero-order valence-corrected chi connectivity index (χ0v) is 13.2. The molecule has 1 aromatic rings. The molecule has 0 heterocycles. The van der Waals surface area contributed by atoms with E-state index in [9.17, 15) is 0 Å². The average molecular weight is 299 g/mol. The zero-order chi connectivity index (χ0) is 14.5. The lowest BCUT2D eigenvalue weighted by Crippen LogP contribution is -2.18. The van der Waals surface area contributed by atoms with Crippen LogP contribution in [0.1, 0.15) is 5.56 Å². The van der Waals surface area contributed by atoms with Crippen LogP contribution < -0.4 is 5.32 Å². The van der Waals surface area contributed by atoms with Crippen molar-refractivity contribution in [3.8, 4) is 0 Å². The minimum atomic E-state index is 0.660. The minimum absolute atomic E-state index is 0.660. The molecule has 0 fully saturated rings. The van der Waals surface area contributed by atoms with Crippen molar-refractivity contribution in [2.75, 3.05) is 52.9 Å². The summed E-state index contributed by atoms with van der Waals surface area (Å²) in [5.41, 5.74) is 1.30. The Bertz CT molecular complexity index is 350. The summed E-state index contributed by atoms with van der Waals surface area (Å²) in [5, 5.41) is 3.35. The first-order valence-corrected chi connectivity index (χ1v) is 7.83. The maximum absolute atomic E-state index is 5.45. The fourth-order valence-electron chi connectivity index (χ4n) is 1.61. The Kier molecular flexibility index (Phi) is 10.6. The number of rotatable bonds is 12. The molecule has 0 bridgehead atoms. The van der Waals surface area contributed by atoms with Crippen LogP contribution in [0.25, 0.3) is 0 Å². The lowest BCUT2D eigenvalue weighted by molar-refractivity contribution is 0.0790. The third-order valence-corrected chi connectivity index (χ3v) is 3.60. The predicted molar refractivity (Wildman–Crippen MR) is 83.4 cm³/mol. The molecule has 4 nitrogen and oxygen atoms in total. The van der Waals surface area contributed by atoms with Gasteiger partial charge in [-0.2, -0.15) is 0 Å². The fourth-order valence-corrected chi connectivity index (χ4v) is 2.46. The van der Waals surface area contributed by atoms with Gasteiger partial charge in [-0.3, -0.25) is 0 Å². The van der Waals surface area contributed by atoms with Gasteiger partial charge in [0.2, 0.25) is 0 Å². The second-order valence-electron chi connectivity index (χ2n) is 4.27. The fraction of sp³-hybridized carbons (Fsp3) is 0.600. The minimum Gasteiger partial charge on any atom is -0.383 e. The highest BCUT2D eigenvalue weighted by Crippen LogP contribution is 2.18. The van der Waals surface area contributed by atoms with Crippen molar-refractivity contribution in [3.05, 3.63) is 29.8 Å². The van der Waals surface area contributed by atoms with E-state index in [1.165, 1.54) is 10.5 Å². The van der Waals surface area contributed by atoms with Crippen LogP contribution in [0, 0.1) is 0 Å². The van der Waals surface area contributed by atoms with E-state index in [0.29, 0.717) is 13.2 Å². The Morgan fingerprint density at radius 3 is 2.70 bits per heavy atom. The molecule has 5 heteroatoms. The van der Waals surface area contributed by atoms with Crippen molar-refractivity contribution < 1.29 is 14.2 Å². The molecule has 1 N–H and O–H groups in total. The Balaban J connectivity index is 2.18. The van der Waals surface area contributed by atoms with Crippen molar-refractivity contribution in [2.24, 2.45) is 0 Å². The van der Waals surface area contributed by atoms with Gasteiger partial charge in [-0.05, 0) is 17.7 Å². The molecule has 0 unspecified atom stereocenters. The number of hydrogen-bond acceptors (Lipinski definition) is 5. The SMILES string of the molecule is COCCNCc1cccc(SCCOCCOC)c1. The van der Waals surface area contributed by atoms with E-state index in [1.807, 2.05) is 11.8 Å². The molecule has 0 saturated carbocycles. The molecule has 0 aliphatic heterocycles. The summed E-state index contributed by atoms with van der Waals surface area (Å²) in [5.74, 6) is 0.963. The number of ether oxygens (including phenoxy) is 3. The quantitative estimate of drug-likeness (QED) is 0.473. The van der Waals surface area contributed by atoms with Crippen LogP contribution >= 0.6 is 11.8 Å².